The van der Waals surface area contributed by atoms with Crippen molar-refractivity contribution in [3.05, 3.63) is 71.3 Å². The number of hydrogen-bond donors (Lipinski definition) is 0. The van der Waals surface area contributed by atoms with E-state index in [-0.39, 0.29) is 10.8 Å². The lowest BCUT2D eigenvalue weighted by Crippen LogP contribution is -2.27. The molecular weight excluding hydrogens is 423 g/mol. The molecule has 0 amide bonds. The third kappa shape index (κ3) is 9.24. The molecule has 0 spiro atoms. The van der Waals surface area contributed by atoms with Crippen molar-refractivity contribution in [2.45, 2.75) is 69.0 Å². The van der Waals surface area contributed by atoms with Gasteiger partial charge in [0.2, 0.25) is 0 Å². The molecule has 0 bridgehead atoms. The Labute approximate surface area is 199 Å². The highest BCUT2D eigenvalue weighted by Gasteiger charge is 2.28. The van der Waals surface area contributed by atoms with Crippen LogP contribution in [-0.4, -0.2) is 35.3 Å². The molecule has 1 aliphatic rings. The van der Waals surface area contributed by atoms with Gasteiger partial charge in [0.15, 0.2) is 0 Å². The molecule has 1 fully saturated rings. The second-order valence-corrected chi connectivity index (χ2v) is 9.40. The maximum atomic E-state index is 7.32. The first kappa shape index (κ1) is 25.7. The number of alkyl halides is 2. The normalized spacial score (nSPS) is 20.6. The summed E-state index contributed by atoms with van der Waals surface area (Å²) in [6.45, 7) is 7.12. The van der Waals surface area contributed by atoms with Crippen molar-refractivity contribution >= 4 is 23.2 Å². The van der Waals surface area contributed by atoms with Crippen molar-refractivity contribution in [2.75, 3.05) is 19.6 Å². The largest absolute Gasteiger partial charge is 0.303 e. The van der Waals surface area contributed by atoms with Gasteiger partial charge in [0.1, 0.15) is 0 Å². The number of aryl methyl sites for hydroxylation is 1. The second kappa shape index (κ2) is 14.5. The van der Waals surface area contributed by atoms with E-state index in [9.17, 15) is 0 Å². The van der Waals surface area contributed by atoms with Crippen LogP contribution in [0, 0.1) is 11.3 Å². The van der Waals surface area contributed by atoms with Crippen molar-refractivity contribution in [1.82, 2.24) is 4.90 Å². The first-order valence-corrected chi connectivity index (χ1v) is 12.4. The molecule has 3 rings (SSSR count). The van der Waals surface area contributed by atoms with Crippen molar-refractivity contribution in [1.29, 1.82) is 5.26 Å². The van der Waals surface area contributed by atoms with Gasteiger partial charge in [-0.1, -0.05) is 61.5 Å². The van der Waals surface area contributed by atoms with E-state index in [4.69, 9.17) is 28.5 Å². The quantitative estimate of drug-likeness (QED) is 0.371. The van der Waals surface area contributed by atoms with Gasteiger partial charge in [0.05, 0.1) is 11.4 Å². The standard InChI is InChI=1S/C25H33Cl2N.C2H3N/c1-2-28(18-16-20-7-4-3-5-8-20)17-6-9-21-10-12-22(13-11-21)23-14-15-24(26)25(27)19-23;1-2-3/h3-5,7-8,10-13,23-25H,2,6,9,14-19H2,1H3;1H3. The van der Waals surface area contributed by atoms with E-state index in [0.29, 0.717) is 5.92 Å². The monoisotopic (exact) mass is 458 g/mol. The second-order valence-electron chi connectivity index (χ2n) is 8.28. The smallest absolute Gasteiger partial charge is 0.0587 e. The van der Waals surface area contributed by atoms with Crippen LogP contribution in [-0.2, 0) is 12.8 Å². The van der Waals surface area contributed by atoms with E-state index in [1.807, 2.05) is 0 Å². The van der Waals surface area contributed by atoms with E-state index in [0.717, 1.165) is 45.2 Å². The number of hydrogen-bond acceptors (Lipinski definition) is 2. The summed E-state index contributed by atoms with van der Waals surface area (Å²) in [5.41, 5.74) is 4.30. The molecule has 2 nitrogen and oxygen atoms in total. The lowest BCUT2D eigenvalue weighted by molar-refractivity contribution is 0.288. The summed E-state index contributed by atoms with van der Waals surface area (Å²) in [5, 5.41) is 7.57. The fourth-order valence-corrected chi connectivity index (χ4v) is 4.77. The van der Waals surface area contributed by atoms with Gasteiger partial charge < -0.3 is 4.90 Å². The van der Waals surface area contributed by atoms with E-state index < -0.39 is 0 Å². The Morgan fingerprint density at radius 1 is 0.903 bits per heavy atom. The average molecular weight is 460 g/mol. The lowest BCUT2D eigenvalue weighted by Gasteiger charge is -2.29. The van der Waals surface area contributed by atoms with Crippen molar-refractivity contribution in [2.24, 2.45) is 0 Å². The Morgan fingerprint density at radius 2 is 1.55 bits per heavy atom. The molecular formula is C27H36Cl2N2. The van der Waals surface area contributed by atoms with Crippen LogP contribution in [0.1, 0.15) is 62.1 Å². The minimum Gasteiger partial charge on any atom is -0.303 e. The molecule has 3 unspecified atom stereocenters. The number of nitrogens with zero attached hydrogens (tertiary/aromatic N) is 2. The summed E-state index contributed by atoms with van der Waals surface area (Å²) in [5.74, 6) is 0.570. The third-order valence-corrected chi connectivity index (χ3v) is 7.22. The van der Waals surface area contributed by atoms with E-state index in [2.05, 4.69) is 66.4 Å². The van der Waals surface area contributed by atoms with Crippen LogP contribution in [0.5, 0.6) is 0 Å². The minimum absolute atomic E-state index is 0.107. The molecule has 0 aromatic heterocycles. The molecule has 1 aliphatic carbocycles. The topological polar surface area (TPSA) is 27.0 Å². The van der Waals surface area contributed by atoms with Crippen LogP contribution in [0.15, 0.2) is 54.6 Å². The van der Waals surface area contributed by atoms with Gasteiger partial charge >= 0.3 is 0 Å². The van der Waals surface area contributed by atoms with Gasteiger partial charge in [-0.15, -0.1) is 23.2 Å². The van der Waals surface area contributed by atoms with Crippen LogP contribution in [0.3, 0.4) is 0 Å². The van der Waals surface area contributed by atoms with Crippen LogP contribution in [0.2, 0.25) is 0 Å². The summed E-state index contributed by atoms with van der Waals surface area (Å²) in [6.07, 6.45) is 6.68. The number of halogens is 2. The number of nitriles is 1. The van der Waals surface area contributed by atoms with Gasteiger partial charge in [-0.25, -0.2) is 0 Å². The predicted molar refractivity (Wildman–Crippen MR) is 134 cm³/mol. The zero-order valence-corrected chi connectivity index (χ0v) is 20.5. The molecule has 0 saturated heterocycles. The van der Waals surface area contributed by atoms with E-state index in [1.54, 1.807) is 6.07 Å². The van der Waals surface area contributed by atoms with Gasteiger partial charge in [-0.05, 0) is 74.2 Å². The molecule has 0 aliphatic heterocycles. The van der Waals surface area contributed by atoms with Crippen molar-refractivity contribution < 1.29 is 0 Å². The fourth-order valence-electron chi connectivity index (χ4n) is 4.20. The molecule has 2 aromatic carbocycles. The van der Waals surface area contributed by atoms with E-state index in [1.165, 1.54) is 36.6 Å². The van der Waals surface area contributed by atoms with Crippen LogP contribution >= 0.6 is 23.2 Å². The molecule has 0 heterocycles. The maximum Gasteiger partial charge on any atom is 0.0587 e. The van der Waals surface area contributed by atoms with Gasteiger partial charge in [-0.2, -0.15) is 5.26 Å². The number of likely N-dealkylation sites (N-methyl/N-ethyl adjacent to an activating group) is 1. The van der Waals surface area contributed by atoms with Gasteiger partial charge in [0.25, 0.3) is 0 Å². The lowest BCUT2D eigenvalue weighted by atomic mass is 9.83. The molecule has 1 saturated carbocycles. The maximum absolute atomic E-state index is 7.32. The molecule has 4 heteroatoms. The zero-order valence-electron chi connectivity index (χ0n) is 18.9. The minimum atomic E-state index is 0.107. The highest BCUT2D eigenvalue weighted by molar-refractivity contribution is 6.30. The SMILES string of the molecule is CC#N.CCN(CCCc1ccc(C2CCC(Cl)C(Cl)C2)cc1)CCc1ccccc1. The average Bonchev–Trinajstić information content (AvgIpc) is 2.79. The van der Waals surface area contributed by atoms with Crippen molar-refractivity contribution in [3.8, 4) is 6.07 Å². The first-order valence-electron chi connectivity index (χ1n) is 11.5. The van der Waals surface area contributed by atoms with Crippen molar-refractivity contribution in [3.63, 3.8) is 0 Å². The predicted octanol–water partition coefficient (Wildman–Crippen LogP) is 7.20. The highest BCUT2D eigenvalue weighted by Crippen LogP contribution is 2.37. The summed E-state index contributed by atoms with van der Waals surface area (Å²) < 4.78 is 0. The van der Waals surface area contributed by atoms with Gasteiger partial charge in [0, 0.05) is 18.8 Å². The summed E-state index contributed by atoms with van der Waals surface area (Å²) >= 11 is 12.6. The summed E-state index contributed by atoms with van der Waals surface area (Å²) in [7, 11) is 0. The Hall–Kier alpha value is -1.53. The Balaban J connectivity index is 0.00000107. The summed E-state index contributed by atoms with van der Waals surface area (Å²) in [4.78, 5) is 2.56. The Morgan fingerprint density at radius 3 is 2.16 bits per heavy atom. The number of benzene rings is 2. The molecule has 2 aromatic rings. The fraction of sp³-hybridized carbons (Fsp3) is 0.519. The van der Waals surface area contributed by atoms with Crippen LogP contribution in [0.4, 0.5) is 0 Å². The van der Waals surface area contributed by atoms with E-state index >= 15 is 0 Å². The zero-order chi connectivity index (χ0) is 22.5. The first-order chi connectivity index (χ1) is 15.1. The molecule has 0 radical (unpaired) electrons. The number of rotatable bonds is 9. The van der Waals surface area contributed by atoms with Gasteiger partial charge in [-0.3, -0.25) is 0 Å². The van der Waals surface area contributed by atoms with Crippen LogP contribution in [0.25, 0.3) is 0 Å². The Bertz CT molecular complexity index is 770. The summed E-state index contributed by atoms with van der Waals surface area (Å²) in [6, 6.07) is 21.8. The molecule has 3 atom stereocenters. The van der Waals surface area contributed by atoms with Crippen LogP contribution < -0.4 is 0 Å². The molecule has 168 valence electrons. The highest BCUT2D eigenvalue weighted by atomic mass is 35.5. The third-order valence-electron chi connectivity index (χ3n) is 6.09. The molecule has 0 N–H and O–H groups in total. The Kier molecular flexibility index (Phi) is 12.0. The molecule has 31 heavy (non-hydrogen) atoms.